The van der Waals surface area contributed by atoms with E-state index in [4.69, 9.17) is 5.73 Å². The van der Waals surface area contributed by atoms with Crippen molar-refractivity contribution >= 4 is 11.3 Å². The fraction of sp³-hybridized carbons (Fsp3) is 0. The maximum absolute atomic E-state index is 12.6. The smallest absolute Gasteiger partial charge is 0.183 e. The molecule has 0 saturated heterocycles. The summed E-state index contributed by atoms with van der Waals surface area (Å²) in [6.07, 6.45) is 2.67. The number of hydrogen-bond donors (Lipinski definition) is 1. The number of nitrogens with two attached hydrogens (primary N) is 1. The van der Waals surface area contributed by atoms with Gasteiger partial charge in [0.25, 0.3) is 0 Å². The van der Waals surface area contributed by atoms with Crippen LogP contribution < -0.4 is 5.73 Å². The molecule has 2 rings (SSSR count). The van der Waals surface area contributed by atoms with Gasteiger partial charge >= 0.3 is 0 Å². The van der Waals surface area contributed by atoms with Gasteiger partial charge < -0.3 is 5.73 Å². The maximum atomic E-state index is 12.6. The van der Waals surface area contributed by atoms with Crippen molar-refractivity contribution in [2.45, 2.75) is 0 Å². The third kappa shape index (κ3) is 0.813. The zero-order chi connectivity index (χ0) is 7.84. The van der Waals surface area contributed by atoms with Crippen LogP contribution in [0.2, 0.25) is 0 Å². The van der Waals surface area contributed by atoms with Crippen LogP contribution in [-0.2, 0) is 0 Å². The minimum absolute atomic E-state index is 0.294. The van der Waals surface area contributed by atoms with Crippen LogP contribution in [0.5, 0.6) is 0 Å². The summed E-state index contributed by atoms with van der Waals surface area (Å²) in [5, 5.41) is 7.25. The lowest BCUT2D eigenvalue weighted by Crippen LogP contribution is -1.93. The van der Waals surface area contributed by atoms with E-state index in [2.05, 4.69) is 10.2 Å². The number of aromatic nitrogens is 3. The van der Waals surface area contributed by atoms with Crippen molar-refractivity contribution in [1.82, 2.24) is 14.6 Å². The van der Waals surface area contributed by atoms with Crippen molar-refractivity contribution in [2.24, 2.45) is 0 Å². The summed E-state index contributed by atoms with van der Waals surface area (Å²) in [7, 11) is 0. The van der Waals surface area contributed by atoms with E-state index in [0.29, 0.717) is 11.3 Å². The standard InChI is InChI=1S/C6H5FN4/c7-4-1-5(8)6-10-9-3-11(6)2-4/h1-3H,8H2. The van der Waals surface area contributed by atoms with Crippen LogP contribution in [0.15, 0.2) is 18.6 Å². The first kappa shape index (κ1) is 6.09. The molecule has 2 heterocycles. The van der Waals surface area contributed by atoms with E-state index < -0.39 is 5.82 Å². The average Bonchev–Trinajstić information content (AvgIpc) is 2.34. The van der Waals surface area contributed by atoms with Crippen LogP contribution in [0.3, 0.4) is 0 Å². The molecule has 0 amide bonds. The highest BCUT2D eigenvalue weighted by molar-refractivity contribution is 5.63. The number of nitrogens with zero attached hydrogens (tertiary/aromatic N) is 3. The third-order valence-electron chi connectivity index (χ3n) is 1.39. The number of rotatable bonds is 0. The van der Waals surface area contributed by atoms with Crippen LogP contribution in [0.1, 0.15) is 0 Å². The Labute approximate surface area is 61.5 Å². The van der Waals surface area contributed by atoms with E-state index >= 15 is 0 Å². The van der Waals surface area contributed by atoms with Crippen LogP contribution >= 0.6 is 0 Å². The molecular weight excluding hydrogens is 147 g/mol. The van der Waals surface area contributed by atoms with E-state index in [1.54, 1.807) is 0 Å². The molecule has 0 radical (unpaired) electrons. The van der Waals surface area contributed by atoms with Gasteiger partial charge in [-0.15, -0.1) is 10.2 Å². The van der Waals surface area contributed by atoms with Gasteiger partial charge in [-0.2, -0.15) is 0 Å². The number of hydrogen-bond acceptors (Lipinski definition) is 3. The Hall–Kier alpha value is -1.65. The molecule has 2 aromatic rings. The molecule has 56 valence electrons. The SMILES string of the molecule is Nc1cc(F)cn2cnnc12. The highest BCUT2D eigenvalue weighted by Gasteiger charge is 2.01. The lowest BCUT2D eigenvalue weighted by molar-refractivity contribution is 0.620. The van der Waals surface area contributed by atoms with E-state index in [9.17, 15) is 4.39 Å². The Morgan fingerprint density at radius 1 is 1.55 bits per heavy atom. The Balaban J connectivity index is 2.91. The predicted molar refractivity (Wildman–Crippen MR) is 37.4 cm³/mol. The average molecular weight is 152 g/mol. The highest BCUT2D eigenvalue weighted by atomic mass is 19.1. The molecule has 2 N–H and O–H groups in total. The second-order valence-corrected chi connectivity index (χ2v) is 2.18. The Bertz CT molecular complexity index is 394. The molecule has 0 aromatic carbocycles. The third-order valence-corrected chi connectivity index (χ3v) is 1.39. The van der Waals surface area contributed by atoms with Crippen molar-refractivity contribution < 1.29 is 4.39 Å². The zero-order valence-corrected chi connectivity index (χ0v) is 5.53. The Kier molecular flexibility index (Phi) is 1.06. The molecule has 4 nitrogen and oxygen atoms in total. The van der Waals surface area contributed by atoms with Crippen LogP contribution in [0.4, 0.5) is 10.1 Å². The first-order valence-corrected chi connectivity index (χ1v) is 3.02. The molecule has 0 aliphatic rings. The van der Waals surface area contributed by atoms with Crippen molar-refractivity contribution in [1.29, 1.82) is 0 Å². The highest BCUT2D eigenvalue weighted by Crippen LogP contribution is 2.10. The van der Waals surface area contributed by atoms with Gasteiger partial charge in [0.05, 0.1) is 5.69 Å². The fourth-order valence-corrected chi connectivity index (χ4v) is 0.927. The summed E-state index contributed by atoms with van der Waals surface area (Å²) in [4.78, 5) is 0. The van der Waals surface area contributed by atoms with Crippen molar-refractivity contribution in [3.63, 3.8) is 0 Å². The first-order valence-electron chi connectivity index (χ1n) is 3.02. The lowest BCUT2D eigenvalue weighted by Gasteiger charge is -1.95. The number of halogens is 1. The number of anilines is 1. The van der Waals surface area contributed by atoms with E-state index in [-0.39, 0.29) is 0 Å². The lowest BCUT2D eigenvalue weighted by atomic mass is 10.4. The van der Waals surface area contributed by atoms with Gasteiger partial charge in [-0.25, -0.2) is 4.39 Å². The van der Waals surface area contributed by atoms with Gasteiger partial charge in [0, 0.05) is 12.3 Å². The second kappa shape index (κ2) is 1.91. The molecular formula is C6H5FN4. The largest absolute Gasteiger partial charge is 0.396 e. The molecule has 5 heteroatoms. The van der Waals surface area contributed by atoms with Gasteiger partial charge in [0.15, 0.2) is 5.65 Å². The summed E-state index contributed by atoms with van der Waals surface area (Å²) in [5.41, 5.74) is 6.21. The molecule has 0 unspecified atom stereocenters. The predicted octanol–water partition coefficient (Wildman–Crippen LogP) is 0.451. The Morgan fingerprint density at radius 2 is 2.36 bits per heavy atom. The van der Waals surface area contributed by atoms with Gasteiger partial charge in [0.1, 0.15) is 12.1 Å². The first-order chi connectivity index (χ1) is 5.27. The second-order valence-electron chi connectivity index (χ2n) is 2.18. The fourth-order valence-electron chi connectivity index (χ4n) is 0.927. The summed E-state index contributed by atoms with van der Waals surface area (Å²) in [6.45, 7) is 0. The molecule has 0 saturated carbocycles. The molecule has 0 aliphatic heterocycles. The quantitative estimate of drug-likeness (QED) is 0.596. The van der Waals surface area contributed by atoms with E-state index in [1.165, 1.54) is 23.0 Å². The Morgan fingerprint density at radius 3 is 3.18 bits per heavy atom. The monoisotopic (exact) mass is 152 g/mol. The maximum Gasteiger partial charge on any atom is 0.183 e. The van der Waals surface area contributed by atoms with Crippen LogP contribution in [0, 0.1) is 5.82 Å². The number of nitrogen functional groups attached to an aromatic ring is 1. The summed E-state index contributed by atoms with van der Waals surface area (Å²) >= 11 is 0. The van der Waals surface area contributed by atoms with E-state index in [1.807, 2.05) is 0 Å². The van der Waals surface area contributed by atoms with E-state index in [0.717, 1.165) is 0 Å². The van der Waals surface area contributed by atoms with Gasteiger partial charge in [-0.1, -0.05) is 0 Å². The molecule has 0 spiro atoms. The normalized spacial score (nSPS) is 10.6. The minimum atomic E-state index is -0.394. The van der Waals surface area contributed by atoms with Gasteiger partial charge in [0.2, 0.25) is 0 Å². The van der Waals surface area contributed by atoms with Crippen molar-refractivity contribution in [3.05, 3.63) is 24.4 Å². The minimum Gasteiger partial charge on any atom is -0.396 e. The van der Waals surface area contributed by atoms with Crippen LogP contribution in [0.25, 0.3) is 5.65 Å². The molecule has 0 bridgehead atoms. The number of pyridine rings is 1. The van der Waals surface area contributed by atoms with Gasteiger partial charge in [-0.3, -0.25) is 4.40 Å². The molecule has 2 aromatic heterocycles. The summed E-state index contributed by atoms with van der Waals surface area (Å²) < 4.78 is 14.1. The summed E-state index contributed by atoms with van der Waals surface area (Å²) in [5.74, 6) is -0.394. The van der Waals surface area contributed by atoms with Gasteiger partial charge in [-0.05, 0) is 0 Å². The molecule has 0 fully saturated rings. The molecule has 0 aliphatic carbocycles. The molecule has 11 heavy (non-hydrogen) atoms. The van der Waals surface area contributed by atoms with Crippen LogP contribution in [-0.4, -0.2) is 14.6 Å². The zero-order valence-electron chi connectivity index (χ0n) is 5.53. The van der Waals surface area contributed by atoms with Crippen molar-refractivity contribution in [3.8, 4) is 0 Å². The molecule has 0 atom stereocenters. The number of fused-ring (bicyclic) bond motifs is 1. The van der Waals surface area contributed by atoms with Crippen molar-refractivity contribution in [2.75, 3.05) is 5.73 Å². The topological polar surface area (TPSA) is 56.2 Å². The summed E-state index contributed by atoms with van der Waals surface area (Å²) in [6, 6.07) is 1.21.